The van der Waals surface area contributed by atoms with Gasteiger partial charge in [-0.25, -0.2) is 4.39 Å². The Bertz CT molecular complexity index is 394. The zero-order valence-electron chi connectivity index (χ0n) is 11.4. The third kappa shape index (κ3) is 4.52. The predicted octanol–water partition coefficient (Wildman–Crippen LogP) is 1.84. The molecule has 0 aliphatic carbocycles. The molecule has 0 atom stereocenters. The molecule has 1 aromatic rings. The van der Waals surface area contributed by atoms with Crippen LogP contribution in [0.1, 0.15) is 26.7 Å². The van der Waals surface area contributed by atoms with Crippen molar-refractivity contribution in [3.05, 3.63) is 30.1 Å². The average molecular weight is 268 g/mol. The lowest BCUT2D eigenvalue weighted by atomic mass is 9.93. The lowest BCUT2D eigenvalue weighted by Crippen LogP contribution is -2.54. The van der Waals surface area contributed by atoms with Crippen LogP contribution in [-0.2, 0) is 4.79 Å². The van der Waals surface area contributed by atoms with Gasteiger partial charge in [0.2, 0.25) is 0 Å². The van der Waals surface area contributed by atoms with Gasteiger partial charge in [0.05, 0.1) is 5.54 Å². The van der Waals surface area contributed by atoms with Gasteiger partial charge in [-0.2, -0.15) is 0 Å². The fraction of sp³-hybridized carbons (Fsp3) is 0.500. The Hall–Kier alpha value is -1.62. The standard InChI is InChI=1S/C14H21FN2O2/c1-3-14(4-2,10-16)17-13(18)9-19-12-7-5-11(15)6-8-12/h5-8H,3-4,9-10,16H2,1-2H3,(H,17,18). The minimum atomic E-state index is -0.372. The van der Waals surface area contributed by atoms with Crippen LogP contribution in [-0.4, -0.2) is 24.6 Å². The average Bonchev–Trinajstić information content (AvgIpc) is 2.44. The van der Waals surface area contributed by atoms with E-state index < -0.39 is 0 Å². The Morgan fingerprint density at radius 2 is 1.89 bits per heavy atom. The summed E-state index contributed by atoms with van der Waals surface area (Å²) in [6.45, 7) is 4.25. The van der Waals surface area contributed by atoms with E-state index >= 15 is 0 Å². The first kappa shape index (κ1) is 15.4. The number of ether oxygens (including phenoxy) is 1. The Labute approximate surface area is 113 Å². The normalized spacial score (nSPS) is 11.2. The molecule has 0 saturated heterocycles. The highest BCUT2D eigenvalue weighted by Crippen LogP contribution is 2.14. The number of carbonyl (C=O) groups is 1. The maximum absolute atomic E-state index is 12.7. The molecule has 0 aliphatic heterocycles. The molecule has 106 valence electrons. The summed E-state index contributed by atoms with van der Waals surface area (Å²) in [5.74, 6) is -0.0997. The molecular formula is C14H21FN2O2. The van der Waals surface area contributed by atoms with Gasteiger partial charge in [0, 0.05) is 6.54 Å². The minimum Gasteiger partial charge on any atom is -0.484 e. The maximum Gasteiger partial charge on any atom is 0.258 e. The van der Waals surface area contributed by atoms with Crippen LogP contribution < -0.4 is 15.8 Å². The highest BCUT2D eigenvalue weighted by Gasteiger charge is 2.26. The summed E-state index contributed by atoms with van der Waals surface area (Å²) in [4.78, 5) is 11.8. The summed E-state index contributed by atoms with van der Waals surface area (Å²) in [6, 6.07) is 5.54. The minimum absolute atomic E-state index is 0.104. The molecule has 0 unspecified atom stereocenters. The third-order valence-corrected chi connectivity index (χ3v) is 3.33. The van der Waals surface area contributed by atoms with Crippen molar-refractivity contribution in [2.24, 2.45) is 5.73 Å². The molecule has 1 amide bonds. The smallest absolute Gasteiger partial charge is 0.258 e. The Balaban J connectivity index is 2.49. The first-order valence-corrected chi connectivity index (χ1v) is 6.44. The van der Waals surface area contributed by atoms with Crippen LogP contribution >= 0.6 is 0 Å². The van der Waals surface area contributed by atoms with Crippen molar-refractivity contribution in [1.29, 1.82) is 0 Å². The highest BCUT2D eigenvalue weighted by molar-refractivity contribution is 5.78. The van der Waals surface area contributed by atoms with Crippen LogP contribution in [0.25, 0.3) is 0 Å². The molecule has 0 radical (unpaired) electrons. The van der Waals surface area contributed by atoms with E-state index in [0.29, 0.717) is 12.3 Å². The second kappa shape index (κ2) is 7.09. The predicted molar refractivity (Wildman–Crippen MR) is 72.4 cm³/mol. The molecule has 0 saturated carbocycles. The molecule has 19 heavy (non-hydrogen) atoms. The zero-order chi connectivity index (χ0) is 14.3. The van der Waals surface area contributed by atoms with E-state index in [1.54, 1.807) is 0 Å². The molecule has 0 fully saturated rings. The van der Waals surface area contributed by atoms with E-state index in [9.17, 15) is 9.18 Å². The number of rotatable bonds is 7. The number of carbonyl (C=O) groups excluding carboxylic acids is 1. The van der Waals surface area contributed by atoms with Crippen LogP contribution in [0.15, 0.2) is 24.3 Å². The number of benzene rings is 1. The Kier molecular flexibility index (Phi) is 5.76. The molecule has 3 N–H and O–H groups in total. The van der Waals surface area contributed by atoms with E-state index in [1.807, 2.05) is 13.8 Å². The molecule has 0 heterocycles. The van der Waals surface area contributed by atoms with Gasteiger partial charge in [-0.3, -0.25) is 4.79 Å². The van der Waals surface area contributed by atoms with Crippen molar-refractivity contribution in [3.8, 4) is 5.75 Å². The van der Waals surface area contributed by atoms with Crippen molar-refractivity contribution in [3.63, 3.8) is 0 Å². The number of hydrogen-bond acceptors (Lipinski definition) is 3. The SMILES string of the molecule is CCC(CC)(CN)NC(=O)COc1ccc(F)cc1. The first-order valence-electron chi connectivity index (χ1n) is 6.44. The lowest BCUT2D eigenvalue weighted by molar-refractivity contribution is -0.125. The Morgan fingerprint density at radius 3 is 2.37 bits per heavy atom. The summed E-state index contributed by atoms with van der Waals surface area (Å²) in [5.41, 5.74) is 5.33. The molecular weight excluding hydrogens is 247 g/mol. The number of nitrogens with one attached hydrogen (secondary N) is 1. The quantitative estimate of drug-likeness (QED) is 0.793. The van der Waals surface area contributed by atoms with Crippen LogP contribution in [0.2, 0.25) is 0 Å². The van der Waals surface area contributed by atoms with Crippen molar-refractivity contribution in [1.82, 2.24) is 5.32 Å². The topological polar surface area (TPSA) is 64.3 Å². The third-order valence-electron chi connectivity index (χ3n) is 3.33. The zero-order valence-corrected chi connectivity index (χ0v) is 11.4. The highest BCUT2D eigenvalue weighted by atomic mass is 19.1. The van der Waals surface area contributed by atoms with Crippen molar-refractivity contribution < 1.29 is 13.9 Å². The van der Waals surface area contributed by atoms with Gasteiger partial charge in [0.1, 0.15) is 11.6 Å². The van der Waals surface area contributed by atoms with E-state index in [-0.39, 0.29) is 23.9 Å². The van der Waals surface area contributed by atoms with Crippen molar-refractivity contribution in [2.45, 2.75) is 32.2 Å². The second-order valence-electron chi connectivity index (χ2n) is 4.48. The van der Waals surface area contributed by atoms with E-state index in [2.05, 4.69) is 5.32 Å². The van der Waals surface area contributed by atoms with Gasteiger partial charge in [-0.15, -0.1) is 0 Å². The van der Waals surface area contributed by atoms with Gasteiger partial charge in [-0.05, 0) is 37.1 Å². The van der Waals surface area contributed by atoms with Gasteiger partial charge >= 0.3 is 0 Å². The molecule has 0 spiro atoms. The fourth-order valence-electron chi connectivity index (χ4n) is 1.78. The van der Waals surface area contributed by atoms with E-state index in [4.69, 9.17) is 10.5 Å². The van der Waals surface area contributed by atoms with Crippen LogP contribution in [0.4, 0.5) is 4.39 Å². The lowest BCUT2D eigenvalue weighted by Gasteiger charge is -2.31. The molecule has 0 aromatic heterocycles. The number of nitrogens with two attached hydrogens (primary N) is 1. The molecule has 4 nitrogen and oxygen atoms in total. The largest absolute Gasteiger partial charge is 0.484 e. The van der Waals surface area contributed by atoms with E-state index in [1.165, 1.54) is 24.3 Å². The van der Waals surface area contributed by atoms with Crippen molar-refractivity contribution in [2.75, 3.05) is 13.2 Å². The maximum atomic E-state index is 12.7. The van der Waals surface area contributed by atoms with Crippen LogP contribution in [0, 0.1) is 5.82 Å². The fourth-order valence-corrected chi connectivity index (χ4v) is 1.78. The van der Waals surface area contributed by atoms with Gasteiger partial charge in [-0.1, -0.05) is 13.8 Å². The summed E-state index contributed by atoms with van der Waals surface area (Å²) in [7, 11) is 0. The monoisotopic (exact) mass is 268 g/mol. The summed E-state index contributed by atoms with van der Waals surface area (Å²) < 4.78 is 18.0. The summed E-state index contributed by atoms with van der Waals surface area (Å²) in [6.07, 6.45) is 1.53. The first-order chi connectivity index (χ1) is 9.05. The van der Waals surface area contributed by atoms with Crippen LogP contribution in [0.3, 0.4) is 0 Å². The molecule has 0 bridgehead atoms. The van der Waals surface area contributed by atoms with E-state index in [0.717, 1.165) is 12.8 Å². The molecule has 5 heteroatoms. The van der Waals surface area contributed by atoms with Crippen LogP contribution in [0.5, 0.6) is 5.75 Å². The molecule has 1 aromatic carbocycles. The number of halogens is 1. The van der Waals surface area contributed by atoms with Gasteiger partial charge in [0.25, 0.3) is 5.91 Å². The molecule has 0 aliphatic rings. The van der Waals surface area contributed by atoms with Gasteiger partial charge < -0.3 is 15.8 Å². The molecule has 1 rings (SSSR count). The van der Waals surface area contributed by atoms with Crippen molar-refractivity contribution >= 4 is 5.91 Å². The summed E-state index contributed by atoms with van der Waals surface area (Å²) in [5, 5.41) is 2.90. The number of amides is 1. The Morgan fingerprint density at radius 1 is 1.32 bits per heavy atom. The number of hydrogen-bond donors (Lipinski definition) is 2. The van der Waals surface area contributed by atoms with Gasteiger partial charge in [0.15, 0.2) is 6.61 Å². The summed E-state index contributed by atoms with van der Waals surface area (Å²) >= 11 is 0. The second-order valence-corrected chi connectivity index (χ2v) is 4.48.